The molecule has 0 amide bonds. The Balaban J connectivity index is 2.05. The predicted molar refractivity (Wildman–Crippen MR) is 105 cm³/mol. The average Bonchev–Trinajstić information content (AvgIpc) is 3.31. The van der Waals surface area contributed by atoms with E-state index in [1.807, 2.05) is 19.1 Å². The minimum Gasteiger partial charge on any atom is -0.381 e. The second-order valence-corrected chi connectivity index (χ2v) is 9.47. The molecule has 7 heteroatoms. The van der Waals surface area contributed by atoms with Gasteiger partial charge in [-0.2, -0.15) is 0 Å². The minimum absolute atomic E-state index is 0.210. The van der Waals surface area contributed by atoms with E-state index >= 15 is 0 Å². The Morgan fingerprint density at radius 2 is 1.81 bits per heavy atom. The van der Waals surface area contributed by atoms with Gasteiger partial charge in [0.15, 0.2) is 9.84 Å². The van der Waals surface area contributed by atoms with Crippen LogP contribution in [0.2, 0.25) is 10.0 Å². The second kappa shape index (κ2) is 7.49. The van der Waals surface area contributed by atoms with Crippen molar-refractivity contribution < 1.29 is 13.2 Å². The predicted octanol–water partition coefficient (Wildman–Crippen LogP) is 3.91. The maximum Gasteiger partial charge on any atom is 0.182 e. The van der Waals surface area contributed by atoms with Gasteiger partial charge in [0.25, 0.3) is 0 Å². The van der Waals surface area contributed by atoms with Gasteiger partial charge in [0.05, 0.1) is 16.8 Å². The quantitative estimate of drug-likeness (QED) is 0.746. The van der Waals surface area contributed by atoms with Gasteiger partial charge in [-0.3, -0.25) is 0 Å². The van der Waals surface area contributed by atoms with E-state index in [9.17, 15) is 8.42 Å². The first-order chi connectivity index (χ1) is 12.4. The third-order valence-electron chi connectivity index (χ3n) is 5.02. The fourth-order valence-electron chi connectivity index (χ4n) is 3.69. The Kier molecular flexibility index (Phi) is 5.66. The summed E-state index contributed by atoms with van der Waals surface area (Å²) < 4.78 is 32.3. The lowest BCUT2D eigenvalue weighted by molar-refractivity contribution is 0.101. The average molecular weight is 414 g/mol. The van der Waals surface area contributed by atoms with Crippen LogP contribution in [0.5, 0.6) is 0 Å². The molecule has 1 aliphatic rings. The van der Waals surface area contributed by atoms with Gasteiger partial charge < -0.3 is 10.5 Å². The topological polar surface area (TPSA) is 69.4 Å². The minimum atomic E-state index is -3.60. The van der Waals surface area contributed by atoms with Gasteiger partial charge in [0.1, 0.15) is 0 Å². The molecule has 2 aromatic carbocycles. The van der Waals surface area contributed by atoms with Gasteiger partial charge in [-0.15, -0.1) is 0 Å². The Morgan fingerprint density at radius 3 is 2.38 bits per heavy atom. The molecule has 0 aliphatic heterocycles. The van der Waals surface area contributed by atoms with Crippen molar-refractivity contribution >= 4 is 33.0 Å². The lowest BCUT2D eigenvalue weighted by Gasteiger charge is -2.16. The largest absolute Gasteiger partial charge is 0.381 e. The molecule has 0 heterocycles. The number of rotatable bonds is 7. The van der Waals surface area contributed by atoms with E-state index in [4.69, 9.17) is 33.7 Å². The summed E-state index contributed by atoms with van der Waals surface area (Å²) in [7, 11) is -3.60. The lowest BCUT2D eigenvalue weighted by Crippen LogP contribution is -2.29. The van der Waals surface area contributed by atoms with Crippen molar-refractivity contribution in [3.63, 3.8) is 0 Å². The van der Waals surface area contributed by atoms with Crippen LogP contribution in [0.1, 0.15) is 18.4 Å². The van der Waals surface area contributed by atoms with Gasteiger partial charge in [0, 0.05) is 34.5 Å². The first-order valence-electron chi connectivity index (χ1n) is 8.39. The fourth-order valence-corrected chi connectivity index (χ4v) is 6.46. The molecule has 0 unspecified atom stereocenters. The highest BCUT2D eigenvalue weighted by molar-refractivity contribution is 7.92. The van der Waals surface area contributed by atoms with Crippen LogP contribution in [0, 0.1) is 5.41 Å². The van der Waals surface area contributed by atoms with E-state index in [-0.39, 0.29) is 24.0 Å². The summed E-state index contributed by atoms with van der Waals surface area (Å²) in [5.74, 6) is -0.265. The molecule has 3 rings (SSSR count). The molecule has 0 saturated heterocycles. The number of hydrogen-bond donors (Lipinski definition) is 1. The van der Waals surface area contributed by atoms with Crippen molar-refractivity contribution in [2.24, 2.45) is 11.1 Å². The van der Waals surface area contributed by atoms with Crippen LogP contribution in [0.25, 0.3) is 0 Å². The van der Waals surface area contributed by atoms with Crippen LogP contribution in [-0.4, -0.2) is 33.4 Å². The summed E-state index contributed by atoms with van der Waals surface area (Å²) in [6.45, 7) is 2.87. The summed E-state index contributed by atoms with van der Waals surface area (Å²) in [6.07, 6.45) is 0. The molecule has 0 spiro atoms. The third-order valence-corrected chi connectivity index (χ3v) is 7.85. The molecule has 1 aliphatic carbocycles. The standard InChI is InChI=1S/C19H21Cl2NO3S/c1-2-25-12-19(11-22)17(13-4-3-5-15(21)10-13)18(19)26(23,24)16-8-6-14(20)7-9-16/h3-10,17-18H,2,11-12,22H2,1H3/t17-,18+,19+/m1/s1. The van der Waals surface area contributed by atoms with Gasteiger partial charge >= 0.3 is 0 Å². The van der Waals surface area contributed by atoms with E-state index in [0.29, 0.717) is 16.7 Å². The van der Waals surface area contributed by atoms with E-state index in [1.54, 1.807) is 24.3 Å². The van der Waals surface area contributed by atoms with Crippen LogP contribution < -0.4 is 5.73 Å². The molecule has 0 aromatic heterocycles. The Morgan fingerprint density at radius 1 is 1.12 bits per heavy atom. The van der Waals surface area contributed by atoms with Crippen molar-refractivity contribution in [1.82, 2.24) is 0 Å². The van der Waals surface area contributed by atoms with Crippen molar-refractivity contribution in [2.45, 2.75) is 23.0 Å². The Hall–Kier alpha value is -1.11. The monoisotopic (exact) mass is 413 g/mol. The highest BCUT2D eigenvalue weighted by Crippen LogP contribution is 2.63. The molecular weight excluding hydrogens is 393 g/mol. The van der Waals surface area contributed by atoms with E-state index in [1.165, 1.54) is 12.1 Å². The molecule has 2 aromatic rings. The zero-order valence-corrected chi connectivity index (χ0v) is 16.7. The number of ether oxygens (including phenoxy) is 1. The molecule has 0 bridgehead atoms. The van der Waals surface area contributed by atoms with Gasteiger partial charge in [-0.25, -0.2) is 8.42 Å². The van der Waals surface area contributed by atoms with Crippen molar-refractivity contribution in [1.29, 1.82) is 0 Å². The fraction of sp³-hybridized carbons (Fsp3) is 0.368. The summed E-state index contributed by atoms with van der Waals surface area (Å²) in [4.78, 5) is 0.241. The zero-order valence-electron chi connectivity index (χ0n) is 14.4. The van der Waals surface area contributed by atoms with Gasteiger partial charge in [-0.05, 0) is 48.9 Å². The SMILES string of the molecule is CCOC[C@@]1(CN)[C@H](c2cccc(Cl)c2)[C@@H]1S(=O)(=O)c1ccc(Cl)cc1. The highest BCUT2D eigenvalue weighted by atomic mass is 35.5. The van der Waals surface area contributed by atoms with Crippen LogP contribution in [-0.2, 0) is 14.6 Å². The molecule has 1 saturated carbocycles. The Bertz CT molecular complexity index is 886. The van der Waals surface area contributed by atoms with E-state index < -0.39 is 20.5 Å². The molecule has 26 heavy (non-hydrogen) atoms. The normalized spacial score (nSPS) is 25.2. The van der Waals surface area contributed by atoms with E-state index in [0.717, 1.165) is 5.56 Å². The number of benzene rings is 2. The third kappa shape index (κ3) is 3.39. The second-order valence-electron chi connectivity index (χ2n) is 6.53. The number of sulfone groups is 1. The smallest absolute Gasteiger partial charge is 0.182 e. The van der Waals surface area contributed by atoms with Crippen molar-refractivity contribution in [3.05, 3.63) is 64.1 Å². The van der Waals surface area contributed by atoms with Crippen LogP contribution >= 0.6 is 23.2 Å². The molecule has 4 nitrogen and oxygen atoms in total. The van der Waals surface area contributed by atoms with E-state index in [2.05, 4.69) is 0 Å². The van der Waals surface area contributed by atoms with Gasteiger partial charge in [0.2, 0.25) is 0 Å². The summed E-state index contributed by atoms with van der Waals surface area (Å²) >= 11 is 12.0. The zero-order chi connectivity index (χ0) is 18.9. The van der Waals surface area contributed by atoms with Crippen LogP contribution in [0.4, 0.5) is 0 Å². The first kappa shape index (κ1) is 19.6. The van der Waals surface area contributed by atoms with Gasteiger partial charge in [-0.1, -0.05) is 35.3 Å². The summed E-state index contributed by atoms with van der Waals surface area (Å²) in [5, 5.41) is 0.399. The first-order valence-corrected chi connectivity index (χ1v) is 10.7. The Labute approximate surface area is 164 Å². The van der Waals surface area contributed by atoms with Crippen molar-refractivity contribution in [3.8, 4) is 0 Å². The van der Waals surface area contributed by atoms with Crippen LogP contribution in [0.15, 0.2) is 53.4 Å². The number of nitrogens with two attached hydrogens (primary N) is 1. The molecule has 2 N–H and O–H groups in total. The molecule has 3 atom stereocenters. The lowest BCUT2D eigenvalue weighted by atomic mass is 10.00. The summed E-state index contributed by atoms with van der Waals surface area (Å²) in [5.41, 5.74) is 6.26. The van der Waals surface area contributed by atoms with Crippen molar-refractivity contribution in [2.75, 3.05) is 19.8 Å². The number of hydrogen-bond acceptors (Lipinski definition) is 4. The molecule has 0 radical (unpaired) electrons. The maximum absolute atomic E-state index is 13.3. The molecular formula is C19H21Cl2NO3S. The highest BCUT2D eigenvalue weighted by Gasteiger charge is 2.70. The summed E-state index contributed by atoms with van der Waals surface area (Å²) in [6, 6.07) is 13.5. The molecule has 1 fully saturated rings. The number of halogens is 2. The van der Waals surface area contributed by atoms with Crippen LogP contribution in [0.3, 0.4) is 0 Å². The molecule has 140 valence electrons. The maximum atomic E-state index is 13.3.